The Balaban J connectivity index is 1.51. The average molecular weight is 371 g/mol. The van der Waals surface area contributed by atoms with Crippen molar-refractivity contribution in [3.05, 3.63) is 41.8 Å². The molecule has 0 radical (unpaired) electrons. The van der Waals surface area contributed by atoms with Crippen LogP contribution in [0.2, 0.25) is 0 Å². The molecule has 6 heteroatoms. The number of amides is 1. The molecule has 2 aromatic rings. The van der Waals surface area contributed by atoms with Crippen molar-refractivity contribution in [1.29, 1.82) is 0 Å². The van der Waals surface area contributed by atoms with E-state index in [1.807, 2.05) is 6.07 Å². The first kappa shape index (κ1) is 18.2. The molecule has 4 rings (SSSR count). The van der Waals surface area contributed by atoms with Crippen LogP contribution in [-0.2, 0) is 11.3 Å². The summed E-state index contributed by atoms with van der Waals surface area (Å²) >= 11 is 0. The van der Waals surface area contributed by atoms with Gasteiger partial charge in [0, 0.05) is 30.8 Å². The number of hydrogen-bond donors (Lipinski definition) is 1. The molecule has 1 saturated carbocycles. The van der Waals surface area contributed by atoms with Gasteiger partial charge in [0.25, 0.3) is 0 Å². The normalized spacial score (nSPS) is 23.6. The summed E-state index contributed by atoms with van der Waals surface area (Å²) in [6.07, 6.45) is 3.23. The number of carbonyl (C=O) groups excluding carboxylic acids is 1. The number of nitrogens with one attached hydrogen (secondary N) is 1. The SMILES string of the molecule is CC(C)C[C@H]1C(=O)N[C@@H](C2CC2)CN1Cc1cc(-c2ccc(F)cc2)on1. The second-order valence-corrected chi connectivity index (χ2v) is 8.22. The highest BCUT2D eigenvalue weighted by Crippen LogP contribution is 2.35. The number of hydrogen-bond acceptors (Lipinski definition) is 4. The van der Waals surface area contributed by atoms with Crippen molar-refractivity contribution in [3.63, 3.8) is 0 Å². The molecule has 1 aromatic heterocycles. The molecule has 1 N–H and O–H groups in total. The van der Waals surface area contributed by atoms with Crippen LogP contribution in [0.25, 0.3) is 11.3 Å². The number of piperazine rings is 1. The highest BCUT2D eigenvalue weighted by Gasteiger charge is 2.41. The van der Waals surface area contributed by atoms with Gasteiger partial charge in [0.2, 0.25) is 5.91 Å². The van der Waals surface area contributed by atoms with Gasteiger partial charge < -0.3 is 9.84 Å². The Morgan fingerprint density at radius 2 is 2.04 bits per heavy atom. The molecule has 0 unspecified atom stereocenters. The Kier molecular flexibility index (Phi) is 5.00. The lowest BCUT2D eigenvalue weighted by Crippen LogP contribution is -2.60. The fourth-order valence-corrected chi connectivity index (χ4v) is 3.86. The van der Waals surface area contributed by atoms with E-state index in [4.69, 9.17) is 4.52 Å². The van der Waals surface area contributed by atoms with E-state index in [-0.39, 0.29) is 23.8 Å². The molecule has 1 amide bonds. The molecular weight excluding hydrogens is 345 g/mol. The Morgan fingerprint density at radius 1 is 1.30 bits per heavy atom. The molecule has 5 nitrogen and oxygen atoms in total. The third-order valence-corrected chi connectivity index (χ3v) is 5.44. The van der Waals surface area contributed by atoms with E-state index in [0.717, 1.165) is 24.2 Å². The van der Waals surface area contributed by atoms with Crippen molar-refractivity contribution < 1.29 is 13.7 Å². The third-order valence-electron chi connectivity index (χ3n) is 5.44. The molecule has 2 aliphatic rings. The van der Waals surface area contributed by atoms with Crippen LogP contribution in [0, 0.1) is 17.7 Å². The largest absolute Gasteiger partial charge is 0.356 e. The summed E-state index contributed by atoms with van der Waals surface area (Å²) in [6.45, 7) is 5.72. The summed E-state index contributed by atoms with van der Waals surface area (Å²) in [6, 6.07) is 8.17. The zero-order valence-electron chi connectivity index (χ0n) is 15.8. The minimum Gasteiger partial charge on any atom is -0.356 e. The second-order valence-electron chi connectivity index (χ2n) is 8.22. The highest BCUT2D eigenvalue weighted by molar-refractivity contribution is 5.83. The van der Waals surface area contributed by atoms with Crippen molar-refractivity contribution in [2.45, 2.75) is 51.7 Å². The summed E-state index contributed by atoms with van der Waals surface area (Å²) in [5, 5.41) is 7.42. The lowest BCUT2D eigenvalue weighted by atomic mass is 9.96. The molecule has 1 aliphatic carbocycles. The van der Waals surface area contributed by atoms with Gasteiger partial charge in [-0.05, 0) is 55.4 Å². The summed E-state index contributed by atoms with van der Waals surface area (Å²) in [4.78, 5) is 14.9. The third kappa shape index (κ3) is 4.21. The van der Waals surface area contributed by atoms with Gasteiger partial charge >= 0.3 is 0 Å². The predicted molar refractivity (Wildman–Crippen MR) is 100 cm³/mol. The molecule has 144 valence electrons. The molecule has 1 aromatic carbocycles. The summed E-state index contributed by atoms with van der Waals surface area (Å²) in [7, 11) is 0. The number of halogens is 1. The van der Waals surface area contributed by atoms with E-state index in [0.29, 0.717) is 24.1 Å². The van der Waals surface area contributed by atoms with Gasteiger partial charge in [-0.1, -0.05) is 19.0 Å². The van der Waals surface area contributed by atoms with Crippen molar-refractivity contribution in [3.8, 4) is 11.3 Å². The van der Waals surface area contributed by atoms with Gasteiger partial charge in [-0.2, -0.15) is 0 Å². The van der Waals surface area contributed by atoms with Gasteiger partial charge in [0.1, 0.15) is 5.82 Å². The summed E-state index contributed by atoms with van der Waals surface area (Å²) in [5.41, 5.74) is 1.59. The van der Waals surface area contributed by atoms with Crippen molar-refractivity contribution in [2.75, 3.05) is 6.54 Å². The molecule has 1 saturated heterocycles. The van der Waals surface area contributed by atoms with Crippen molar-refractivity contribution >= 4 is 5.91 Å². The van der Waals surface area contributed by atoms with E-state index in [1.54, 1.807) is 12.1 Å². The highest BCUT2D eigenvalue weighted by atomic mass is 19.1. The Morgan fingerprint density at radius 3 is 2.70 bits per heavy atom. The van der Waals surface area contributed by atoms with Crippen LogP contribution in [0.3, 0.4) is 0 Å². The fraction of sp³-hybridized carbons (Fsp3) is 0.524. The topological polar surface area (TPSA) is 58.4 Å². The molecule has 2 atom stereocenters. The first-order valence-corrected chi connectivity index (χ1v) is 9.75. The van der Waals surface area contributed by atoms with Crippen LogP contribution in [-0.4, -0.2) is 34.6 Å². The molecule has 0 bridgehead atoms. The summed E-state index contributed by atoms with van der Waals surface area (Å²) in [5.74, 6) is 1.52. The monoisotopic (exact) mass is 371 g/mol. The predicted octanol–water partition coefficient (Wildman–Crippen LogP) is 3.61. The molecule has 0 spiro atoms. The quantitative estimate of drug-likeness (QED) is 0.843. The number of benzene rings is 1. The van der Waals surface area contributed by atoms with Crippen LogP contribution >= 0.6 is 0 Å². The standard InChI is InChI=1S/C21H26FN3O2/c1-13(2)9-19-21(26)23-18(14-3-4-14)12-25(19)11-17-10-20(27-24-17)15-5-7-16(22)8-6-15/h5-8,10,13-14,18-19H,3-4,9,11-12H2,1-2H3,(H,23,26)/t18-,19+/m1/s1. The summed E-state index contributed by atoms with van der Waals surface area (Å²) < 4.78 is 18.6. The van der Waals surface area contributed by atoms with Crippen LogP contribution < -0.4 is 5.32 Å². The molecule has 2 heterocycles. The number of nitrogens with zero attached hydrogens (tertiary/aromatic N) is 2. The van der Waals surface area contributed by atoms with Crippen LogP contribution in [0.15, 0.2) is 34.9 Å². The number of carbonyl (C=O) groups is 1. The lowest BCUT2D eigenvalue weighted by Gasteiger charge is -2.40. The van der Waals surface area contributed by atoms with Crippen molar-refractivity contribution in [1.82, 2.24) is 15.4 Å². The van der Waals surface area contributed by atoms with Gasteiger partial charge in [-0.15, -0.1) is 0 Å². The molecule has 2 fully saturated rings. The molecule has 1 aliphatic heterocycles. The number of rotatable bonds is 6. The van der Waals surface area contributed by atoms with Crippen LogP contribution in [0.5, 0.6) is 0 Å². The minimum absolute atomic E-state index is 0.133. The maximum absolute atomic E-state index is 13.1. The van der Waals surface area contributed by atoms with Gasteiger partial charge in [0.05, 0.1) is 11.7 Å². The Hall–Kier alpha value is -2.21. The van der Waals surface area contributed by atoms with E-state index in [9.17, 15) is 9.18 Å². The smallest absolute Gasteiger partial charge is 0.237 e. The average Bonchev–Trinajstić information content (AvgIpc) is 3.38. The first-order valence-electron chi connectivity index (χ1n) is 9.75. The van der Waals surface area contributed by atoms with E-state index < -0.39 is 0 Å². The zero-order chi connectivity index (χ0) is 19.0. The van der Waals surface area contributed by atoms with Gasteiger partial charge in [0.15, 0.2) is 5.76 Å². The maximum Gasteiger partial charge on any atom is 0.237 e. The van der Waals surface area contributed by atoms with Crippen LogP contribution in [0.4, 0.5) is 4.39 Å². The number of aromatic nitrogens is 1. The molecular formula is C21H26FN3O2. The van der Waals surface area contributed by atoms with E-state index in [1.165, 1.54) is 25.0 Å². The van der Waals surface area contributed by atoms with Gasteiger partial charge in [-0.3, -0.25) is 9.69 Å². The van der Waals surface area contributed by atoms with Crippen LogP contribution in [0.1, 0.15) is 38.8 Å². The zero-order valence-corrected chi connectivity index (χ0v) is 15.8. The second kappa shape index (κ2) is 7.43. The Labute approximate surface area is 158 Å². The maximum atomic E-state index is 13.1. The molecule has 27 heavy (non-hydrogen) atoms. The fourth-order valence-electron chi connectivity index (χ4n) is 3.86. The minimum atomic E-state index is -0.277. The van der Waals surface area contributed by atoms with Crippen molar-refractivity contribution in [2.24, 2.45) is 11.8 Å². The van der Waals surface area contributed by atoms with E-state index in [2.05, 4.69) is 29.2 Å². The van der Waals surface area contributed by atoms with E-state index >= 15 is 0 Å². The van der Waals surface area contributed by atoms with Gasteiger partial charge in [-0.25, -0.2) is 4.39 Å². The lowest BCUT2D eigenvalue weighted by molar-refractivity contribution is -0.132. The first-order chi connectivity index (χ1) is 13.0. The Bertz CT molecular complexity index is 798.